The molecule has 0 bridgehead atoms. The summed E-state index contributed by atoms with van der Waals surface area (Å²) in [4.78, 5) is 11.9. The largest absolute Gasteiger partial charge is 0.268 e. The van der Waals surface area contributed by atoms with Crippen LogP contribution in [0.1, 0.15) is 5.56 Å². The summed E-state index contributed by atoms with van der Waals surface area (Å²) in [6.45, 7) is 0.201. The molecule has 0 saturated carbocycles. The van der Waals surface area contributed by atoms with E-state index >= 15 is 0 Å². The number of hydrogen-bond acceptors (Lipinski definition) is 5. The lowest BCUT2D eigenvalue weighted by Gasteiger charge is -2.09. The Morgan fingerprint density at radius 3 is 2.56 bits per heavy atom. The highest BCUT2D eigenvalue weighted by atomic mass is 32.2. The molecule has 3 aromatic rings. The maximum atomic E-state index is 12.1. The monoisotopic (exact) mass is 359 g/mol. The van der Waals surface area contributed by atoms with Gasteiger partial charge < -0.3 is 0 Å². The van der Waals surface area contributed by atoms with Gasteiger partial charge in [0.2, 0.25) is 10.0 Å². The first-order valence-corrected chi connectivity index (χ1v) is 9.28. The summed E-state index contributed by atoms with van der Waals surface area (Å²) in [6, 6.07) is 13.6. The quantitative estimate of drug-likeness (QED) is 0.664. The van der Waals surface area contributed by atoms with E-state index in [0.717, 1.165) is 0 Å². The second-order valence-electron chi connectivity index (χ2n) is 5.34. The molecule has 9 heteroatoms. The summed E-state index contributed by atoms with van der Waals surface area (Å²) in [5, 5.41) is 8.24. The van der Waals surface area contributed by atoms with Crippen molar-refractivity contribution in [3.05, 3.63) is 76.8 Å². The van der Waals surface area contributed by atoms with Gasteiger partial charge in [-0.2, -0.15) is 5.10 Å². The van der Waals surface area contributed by atoms with Crippen molar-refractivity contribution in [1.29, 1.82) is 0 Å². The molecule has 0 fully saturated rings. The topological polar surface area (TPSA) is 98.9 Å². The van der Waals surface area contributed by atoms with Crippen LogP contribution in [0.2, 0.25) is 0 Å². The van der Waals surface area contributed by atoms with E-state index in [1.807, 2.05) is 6.07 Å². The summed E-state index contributed by atoms with van der Waals surface area (Å²) in [5.41, 5.74) is 0.393. The number of sulfonamides is 1. The van der Waals surface area contributed by atoms with Gasteiger partial charge in [0.05, 0.1) is 12.3 Å². The van der Waals surface area contributed by atoms with E-state index < -0.39 is 10.0 Å². The molecule has 0 amide bonds. The Morgan fingerprint density at radius 1 is 1.04 bits per heavy atom. The Hall–Kier alpha value is -2.78. The van der Waals surface area contributed by atoms with E-state index in [9.17, 15) is 13.2 Å². The summed E-state index contributed by atoms with van der Waals surface area (Å²) in [5.74, 6) is 0.375. The molecule has 0 aliphatic heterocycles. The Balaban J connectivity index is 1.64. The van der Waals surface area contributed by atoms with Crippen molar-refractivity contribution in [3.63, 3.8) is 0 Å². The Morgan fingerprint density at radius 2 is 1.84 bits per heavy atom. The Kier molecular flexibility index (Phi) is 5.05. The normalized spacial score (nSPS) is 11.5. The molecule has 130 valence electrons. The summed E-state index contributed by atoms with van der Waals surface area (Å²) >= 11 is 0. The molecule has 0 spiro atoms. The fourth-order valence-corrected chi connectivity index (χ4v) is 3.41. The molecule has 0 unspecified atom stereocenters. The Labute approximate surface area is 144 Å². The number of benzene rings is 1. The maximum absolute atomic E-state index is 12.1. The summed E-state index contributed by atoms with van der Waals surface area (Å²) < 4.78 is 29.4. The van der Waals surface area contributed by atoms with E-state index in [-0.39, 0.29) is 24.4 Å². The van der Waals surface area contributed by atoms with Crippen LogP contribution < -0.4 is 10.3 Å². The van der Waals surface area contributed by atoms with E-state index in [4.69, 9.17) is 0 Å². The average molecular weight is 359 g/mol. The van der Waals surface area contributed by atoms with Gasteiger partial charge in [-0.3, -0.25) is 4.79 Å². The van der Waals surface area contributed by atoms with Crippen molar-refractivity contribution < 1.29 is 8.42 Å². The highest BCUT2D eigenvalue weighted by Gasteiger charge is 2.11. The molecule has 0 saturated heterocycles. The van der Waals surface area contributed by atoms with Crippen molar-refractivity contribution in [2.45, 2.75) is 12.3 Å². The van der Waals surface area contributed by atoms with Crippen LogP contribution in [0.3, 0.4) is 0 Å². The van der Waals surface area contributed by atoms with Gasteiger partial charge in [-0.15, -0.1) is 5.10 Å². The fourth-order valence-electron chi connectivity index (χ4n) is 2.28. The van der Waals surface area contributed by atoms with Crippen LogP contribution in [0, 0.1) is 0 Å². The molecule has 25 heavy (non-hydrogen) atoms. The molecule has 3 rings (SSSR count). The van der Waals surface area contributed by atoms with Gasteiger partial charge >= 0.3 is 0 Å². The molecule has 1 N–H and O–H groups in total. The van der Waals surface area contributed by atoms with E-state index in [1.54, 1.807) is 48.8 Å². The lowest BCUT2D eigenvalue weighted by atomic mass is 10.2. The van der Waals surface area contributed by atoms with Crippen molar-refractivity contribution in [2.24, 2.45) is 0 Å². The average Bonchev–Trinajstić information content (AvgIpc) is 3.11. The first-order chi connectivity index (χ1) is 12.0. The molecule has 2 aromatic heterocycles. The molecule has 1 aromatic carbocycles. The second-order valence-corrected chi connectivity index (χ2v) is 7.15. The lowest BCUT2D eigenvalue weighted by molar-refractivity contribution is 0.541. The third-order valence-electron chi connectivity index (χ3n) is 3.44. The number of aromatic nitrogens is 4. The molecule has 8 nitrogen and oxygen atoms in total. The van der Waals surface area contributed by atoms with Crippen LogP contribution in [0.15, 0.2) is 65.7 Å². The molecule has 0 aliphatic rings. The van der Waals surface area contributed by atoms with Gasteiger partial charge in [0.15, 0.2) is 5.82 Å². The van der Waals surface area contributed by atoms with Gasteiger partial charge in [-0.05, 0) is 17.7 Å². The number of nitrogens with one attached hydrogen (secondary N) is 1. The third kappa shape index (κ3) is 4.61. The van der Waals surface area contributed by atoms with E-state index in [2.05, 4.69) is 14.9 Å². The SMILES string of the molecule is O=c1ccc(-n2cccn2)nn1CCNS(=O)(=O)Cc1ccccc1. The number of nitrogens with zero attached hydrogens (tertiary/aromatic N) is 4. The lowest BCUT2D eigenvalue weighted by Crippen LogP contribution is -2.32. The van der Waals surface area contributed by atoms with Gasteiger partial charge in [-0.1, -0.05) is 30.3 Å². The predicted octanol–water partition coefficient (Wildman–Crippen LogP) is 0.549. The van der Waals surface area contributed by atoms with Gasteiger partial charge in [0, 0.05) is 25.0 Å². The van der Waals surface area contributed by atoms with Crippen molar-refractivity contribution >= 4 is 10.0 Å². The molecule has 0 aliphatic carbocycles. The van der Waals surface area contributed by atoms with Crippen LogP contribution in [-0.4, -0.2) is 34.5 Å². The highest BCUT2D eigenvalue weighted by molar-refractivity contribution is 7.88. The van der Waals surface area contributed by atoms with Crippen LogP contribution >= 0.6 is 0 Å². The summed E-state index contributed by atoms with van der Waals surface area (Å²) in [7, 11) is -3.48. The third-order valence-corrected chi connectivity index (χ3v) is 4.79. The van der Waals surface area contributed by atoms with Crippen molar-refractivity contribution in [1.82, 2.24) is 24.3 Å². The zero-order valence-corrected chi connectivity index (χ0v) is 14.1. The molecule has 0 atom stereocenters. The van der Waals surface area contributed by atoms with Crippen LogP contribution in [-0.2, 0) is 22.3 Å². The second kappa shape index (κ2) is 7.41. The zero-order chi connectivity index (χ0) is 17.7. The van der Waals surface area contributed by atoms with E-state index in [0.29, 0.717) is 11.4 Å². The zero-order valence-electron chi connectivity index (χ0n) is 13.3. The molecular weight excluding hydrogens is 342 g/mol. The van der Waals surface area contributed by atoms with Crippen molar-refractivity contribution in [3.8, 4) is 5.82 Å². The van der Waals surface area contributed by atoms with Crippen LogP contribution in [0.25, 0.3) is 5.82 Å². The van der Waals surface area contributed by atoms with Gasteiger partial charge in [0.25, 0.3) is 5.56 Å². The first kappa shape index (κ1) is 17.1. The number of rotatable bonds is 7. The standard InChI is InChI=1S/C16H17N5O3S/c22-16-8-7-15(20-11-4-9-17-20)19-21(16)12-10-18-25(23,24)13-14-5-2-1-3-6-14/h1-9,11,18H,10,12-13H2. The minimum absolute atomic E-state index is 0.0740. The first-order valence-electron chi connectivity index (χ1n) is 7.63. The van der Waals surface area contributed by atoms with Gasteiger partial charge in [-0.25, -0.2) is 22.5 Å². The number of hydrogen-bond donors (Lipinski definition) is 1. The van der Waals surface area contributed by atoms with Gasteiger partial charge in [0.1, 0.15) is 0 Å². The molecular formula is C16H17N5O3S. The van der Waals surface area contributed by atoms with Crippen molar-refractivity contribution in [2.75, 3.05) is 6.54 Å². The Bertz CT molecular complexity index is 982. The maximum Gasteiger partial charge on any atom is 0.266 e. The molecule has 2 heterocycles. The van der Waals surface area contributed by atoms with Crippen LogP contribution in [0.5, 0.6) is 0 Å². The predicted molar refractivity (Wildman–Crippen MR) is 92.7 cm³/mol. The minimum Gasteiger partial charge on any atom is -0.268 e. The molecule has 0 radical (unpaired) electrons. The summed E-state index contributed by atoms with van der Waals surface area (Å²) in [6.07, 6.45) is 3.31. The van der Waals surface area contributed by atoms with Crippen LogP contribution in [0.4, 0.5) is 0 Å². The minimum atomic E-state index is -3.48. The smallest absolute Gasteiger partial charge is 0.266 e. The van der Waals surface area contributed by atoms with E-state index in [1.165, 1.54) is 15.4 Å². The highest BCUT2D eigenvalue weighted by Crippen LogP contribution is 2.04. The fraction of sp³-hybridized carbons (Fsp3) is 0.188.